The highest BCUT2D eigenvalue weighted by Crippen LogP contribution is 2.42. The van der Waals surface area contributed by atoms with Gasteiger partial charge in [0.25, 0.3) is 0 Å². The summed E-state index contributed by atoms with van der Waals surface area (Å²) in [6.07, 6.45) is 18.0. The minimum Gasteiger partial charge on any atom is -0.269 e. The Kier molecular flexibility index (Phi) is 3.36. The van der Waals surface area contributed by atoms with E-state index in [1.807, 2.05) is 24.2 Å². The molecule has 0 aromatic carbocycles. The summed E-state index contributed by atoms with van der Waals surface area (Å²) in [5, 5.41) is 1.26. The first-order chi connectivity index (χ1) is 10.4. The lowest BCUT2D eigenvalue weighted by atomic mass is 10.0. The minimum atomic E-state index is 0.261. The molecule has 104 valence electrons. The van der Waals surface area contributed by atoms with Gasteiger partial charge in [-0.1, -0.05) is 36.1 Å². The van der Waals surface area contributed by atoms with Crippen LogP contribution in [0.2, 0.25) is 0 Å². The molecule has 1 aromatic heterocycles. The van der Waals surface area contributed by atoms with Crippen molar-refractivity contribution in [2.45, 2.75) is 25.3 Å². The summed E-state index contributed by atoms with van der Waals surface area (Å²) in [7, 11) is 0. The smallest absolute Gasteiger partial charge is 0.108 e. The molecule has 3 aliphatic rings. The monoisotopic (exact) mass is 292 g/mol. The molecule has 4 rings (SSSR count). The number of nitrogens with zero attached hydrogens (tertiary/aromatic N) is 2. The number of aromatic nitrogens is 1. The van der Waals surface area contributed by atoms with Gasteiger partial charge in [0.05, 0.1) is 5.04 Å². The van der Waals surface area contributed by atoms with Gasteiger partial charge in [-0.25, -0.2) is 0 Å². The van der Waals surface area contributed by atoms with Crippen molar-refractivity contribution in [3.05, 3.63) is 76.5 Å². The molecule has 21 heavy (non-hydrogen) atoms. The van der Waals surface area contributed by atoms with Crippen molar-refractivity contribution < 1.29 is 0 Å². The van der Waals surface area contributed by atoms with Crippen LogP contribution >= 0.6 is 11.8 Å². The van der Waals surface area contributed by atoms with Crippen LogP contribution in [0.1, 0.15) is 18.4 Å². The van der Waals surface area contributed by atoms with Gasteiger partial charge in [0.2, 0.25) is 0 Å². The first kappa shape index (κ1) is 12.8. The summed E-state index contributed by atoms with van der Waals surface area (Å²) >= 11 is 1.86. The zero-order chi connectivity index (χ0) is 14.1. The van der Waals surface area contributed by atoms with E-state index in [1.165, 1.54) is 26.7 Å². The molecule has 2 nitrogen and oxygen atoms in total. The maximum Gasteiger partial charge on any atom is 0.108 e. The van der Waals surface area contributed by atoms with Crippen molar-refractivity contribution in [2.24, 2.45) is 4.99 Å². The number of hydrogen-bond acceptors (Lipinski definition) is 3. The third-order valence-corrected chi connectivity index (χ3v) is 5.12. The van der Waals surface area contributed by atoms with Crippen LogP contribution in [-0.2, 0) is 6.42 Å². The molecule has 3 heteroatoms. The zero-order valence-corrected chi connectivity index (χ0v) is 12.5. The standard InChI is InChI=1S/C18H16N2S/c1-2-4-14(3-1)15-6-7-16-18(15)20-17(21-16)8-5-13-9-11-19-12-10-13/h1,3-4,6-7,9-12,18H,2,5,8H2. The van der Waals surface area contributed by atoms with E-state index in [-0.39, 0.29) is 6.04 Å². The Morgan fingerprint density at radius 1 is 1.14 bits per heavy atom. The summed E-state index contributed by atoms with van der Waals surface area (Å²) in [6, 6.07) is 4.43. The van der Waals surface area contributed by atoms with Crippen molar-refractivity contribution in [1.29, 1.82) is 0 Å². The lowest BCUT2D eigenvalue weighted by molar-refractivity contribution is 0.965. The van der Waals surface area contributed by atoms with Gasteiger partial charge in [-0.15, -0.1) is 0 Å². The molecule has 2 aliphatic carbocycles. The van der Waals surface area contributed by atoms with Gasteiger partial charge in [-0.05, 0) is 54.2 Å². The van der Waals surface area contributed by atoms with Gasteiger partial charge in [-0.3, -0.25) is 9.98 Å². The van der Waals surface area contributed by atoms with Crippen molar-refractivity contribution >= 4 is 16.8 Å². The Morgan fingerprint density at radius 3 is 2.86 bits per heavy atom. The van der Waals surface area contributed by atoms with Gasteiger partial charge in [-0.2, -0.15) is 0 Å². The number of allylic oxidation sites excluding steroid dienone is 5. The quantitative estimate of drug-likeness (QED) is 0.829. The van der Waals surface area contributed by atoms with Gasteiger partial charge in [0, 0.05) is 17.3 Å². The molecule has 0 bridgehead atoms. The predicted molar refractivity (Wildman–Crippen MR) is 89.4 cm³/mol. The fraction of sp³-hybridized carbons (Fsp3) is 0.222. The second-order valence-electron chi connectivity index (χ2n) is 5.37. The van der Waals surface area contributed by atoms with Crippen LogP contribution in [0.4, 0.5) is 0 Å². The average Bonchev–Trinajstić information content (AvgIpc) is 3.22. The van der Waals surface area contributed by atoms with Crippen LogP contribution in [0.3, 0.4) is 0 Å². The lowest BCUT2D eigenvalue weighted by Gasteiger charge is -2.08. The van der Waals surface area contributed by atoms with Crippen LogP contribution in [0, 0.1) is 0 Å². The molecule has 0 amide bonds. The first-order valence-electron chi connectivity index (χ1n) is 7.32. The van der Waals surface area contributed by atoms with E-state index in [0.29, 0.717) is 0 Å². The largest absolute Gasteiger partial charge is 0.269 e. The van der Waals surface area contributed by atoms with E-state index in [9.17, 15) is 0 Å². The topological polar surface area (TPSA) is 25.2 Å². The third kappa shape index (κ3) is 2.54. The molecular formula is C18H16N2S. The molecular weight excluding hydrogens is 276 g/mol. The van der Waals surface area contributed by atoms with Gasteiger partial charge in [0.15, 0.2) is 0 Å². The number of pyridine rings is 1. The maximum absolute atomic E-state index is 4.94. The van der Waals surface area contributed by atoms with Gasteiger partial charge < -0.3 is 0 Å². The highest BCUT2D eigenvalue weighted by atomic mass is 32.2. The fourth-order valence-corrected chi connectivity index (χ4v) is 3.94. The molecule has 1 unspecified atom stereocenters. The summed E-state index contributed by atoms with van der Waals surface area (Å²) in [5.41, 5.74) is 4.05. The number of hydrogen-bond donors (Lipinski definition) is 0. The van der Waals surface area contributed by atoms with Gasteiger partial charge in [0.1, 0.15) is 6.04 Å². The Hall–Kier alpha value is -1.87. The van der Waals surface area contributed by atoms with Crippen LogP contribution in [0.15, 0.2) is 76.0 Å². The van der Waals surface area contributed by atoms with Crippen molar-refractivity contribution in [3.8, 4) is 0 Å². The highest BCUT2D eigenvalue weighted by molar-refractivity contribution is 8.17. The molecule has 1 atom stereocenters. The third-order valence-electron chi connectivity index (χ3n) is 3.98. The van der Waals surface area contributed by atoms with Crippen molar-refractivity contribution in [2.75, 3.05) is 0 Å². The van der Waals surface area contributed by atoms with Crippen molar-refractivity contribution in [3.63, 3.8) is 0 Å². The van der Waals surface area contributed by atoms with Crippen LogP contribution in [0.25, 0.3) is 0 Å². The first-order valence-corrected chi connectivity index (χ1v) is 8.14. The molecule has 2 heterocycles. The Labute approximate surface area is 129 Å². The normalized spacial score (nSPS) is 22.8. The van der Waals surface area contributed by atoms with E-state index in [4.69, 9.17) is 4.99 Å². The second-order valence-corrected chi connectivity index (χ2v) is 6.52. The molecule has 0 N–H and O–H groups in total. The van der Waals surface area contributed by atoms with E-state index in [1.54, 1.807) is 0 Å². The van der Waals surface area contributed by atoms with E-state index >= 15 is 0 Å². The molecule has 1 aromatic rings. The van der Waals surface area contributed by atoms with Crippen LogP contribution < -0.4 is 0 Å². The number of aliphatic imine (C=N–C) groups is 1. The SMILES string of the molecule is C1=CC(C2=CC=C3SC(CCc4ccncc4)=NC32)=CC1. The zero-order valence-electron chi connectivity index (χ0n) is 11.7. The number of aryl methyl sites for hydroxylation is 1. The van der Waals surface area contributed by atoms with Crippen LogP contribution in [-0.4, -0.2) is 16.1 Å². The Morgan fingerprint density at radius 2 is 2.05 bits per heavy atom. The average molecular weight is 292 g/mol. The molecule has 0 saturated heterocycles. The summed E-state index contributed by atoms with van der Waals surface area (Å²) in [6.45, 7) is 0. The lowest BCUT2D eigenvalue weighted by Crippen LogP contribution is -2.04. The minimum absolute atomic E-state index is 0.261. The highest BCUT2D eigenvalue weighted by Gasteiger charge is 2.31. The van der Waals surface area contributed by atoms with Gasteiger partial charge >= 0.3 is 0 Å². The Balaban J connectivity index is 1.45. The maximum atomic E-state index is 4.94. The predicted octanol–water partition coefficient (Wildman–Crippen LogP) is 4.24. The number of rotatable bonds is 4. The molecule has 0 saturated carbocycles. The van der Waals surface area contributed by atoms with Crippen LogP contribution in [0.5, 0.6) is 0 Å². The number of thioether (sulfide) groups is 1. The second kappa shape index (κ2) is 5.49. The number of fused-ring (bicyclic) bond motifs is 1. The fourth-order valence-electron chi connectivity index (χ4n) is 2.88. The van der Waals surface area contributed by atoms with Crippen molar-refractivity contribution in [1.82, 2.24) is 4.98 Å². The molecule has 0 fully saturated rings. The molecule has 0 radical (unpaired) electrons. The van der Waals surface area contributed by atoms with E-state index in [0.717, 1.165) is 19.3 Å². The molecule has 0 spiro atoms. The molecule has 1 aliphatic heterocycles. The summed E-state index contributed by atoms with van der Waals surface area (Å²) < 4.78 is 0. The van der Waals surface area contributed by atoms with E-state index < -0.39 is 0 Å². The van der Waals surface area contributed by atoms with E-state index in [2.05, 4.69) is 47.5 Å². The Bertz CT molecular complexity index is 708. The summed E-state index contributed by atoms with van der Waals surface area (Å²) in [5.74, 6) is 0. The summed E-state index contributed by atoms with van der Waals surface area (Å²) in [4.78, 5) is 10.4.